The van der Waals surface area contributed by atoms with Gasteiger partial charge in [0.2, 0.25) is 12.4 Å². The van der Waals surface area contributed by atoms with Crippen molar-refractivity contribution in [3.05, 3.63) is 29.8 Å². The summed E-state index contributed by atoms with van der Waals surface area (Å²) in [5.74, 6) is -1.99. The molecule has 2 rings (SSSR count). The molecule has 1 aliphatic rings. The highest BCUT2D eigenvalue weighted by Crippen LogP contribution is 2.32. The van der Waals surface area contributed by atoms with Gasteiger partial charge in [-0.25, -0.2) is 4.79 Å². The number of benzene rings is 1. The molecule has 1 heterocycles. The average Bonchev–Trinajstić information content (AvgIpc) is 2.60. The summed E-state index contributed by atoms with van der Waals surface area (Å²) in [6.45, 7) is 6.03. The van der Waals surface area contributed by atoms with Crippen molar-refractivity contribution < 1.29 is 38.1 Å². The SMILES string of the molecule is COC(=O)C1OC(Oc2ccc(C)cc2)C(OC(C)=O)C(OC(C)=O)C1C. The molecule has 1 aromatic rings. The van der Waals surface area contributed by atoms with Crippen LogP contribution in [-0.2, 0) is 33.3 Å². The summed E-state index contributed by atoms with van der Waals surface area (Å²) in [6, 6.07) is 7.11. The summed E-state index contributed by atoms with van der Waals surface area (Å²) in [5, 5.41) is 0. The topological polar surface area (TPSA) is 97.4 Å². The highest BCUT2D eigenvalue weighted by Gasteiger charge is 2.51. The summed E-state index contributed by atoms with van der Waals surface area (Å²) in [5.41, 5.74) is 1.03. The molecular weight excluding hydrogens is 356 g/mol. The Kier molecular flexibility index (Phi) is 6.79. The van der Waals surface area contributed by atoms with Crippen LogP contribution < -0.4 is 4.74 Å². The number of methoxy groups -OCH3 is 1. The van der Waals surface area contributed by atoms with Gasteiger partial charge < -0.3 is 23.7 Å². The normalized spacial score (nSPS) is 27.4. The highest BCUT2D eigenvalue weighted by atomic mass is 16.7. The van der Waals surface area contributed by atoms with E-state index in [2.05, 4.69) is 0 Å². The number of carbonyl (C=O) groups is 3. The average molecular weight is 380 g/mol. The Balaban J connectivity index is 2.36. The van der Waals surface area contributed by atoms with E-state index < -0.39 is 48.4 Å². The number of esters is 3. The van der Waals surface area contributed by atoms with Crippen molar-refractivity contribution in [3.63, 3.8) is 0 Å². The highest BCUT2D eigenvalue weighted by molar-refractivity contribution is 5.75. The lowest BCUT2D eigenvalue weighted by Gasteiger charge is -2.42. The number of carbonyl (C=O) groups excluding carboxylic acids is 3. The van der Waals surface area contributed by atoms with E-state index in [1.54, 1.807) is 19.1 Å². The van der Waals surface area contributed by atoms with Gasteiger partial charge in [-0.3, -0.25) is 9.59 Å². The molecule has 148 valence electrons. The zero-order valence-electron chi connectivity index (χ0n) is 16.0. The van der Waals surface area contributed by atoms with E-state index in [0.29, 0.717) is 5.75 Å². The van der Waals surface area contributed by atoms with Crippen LogP contribution in [0.25, 0.3) is 0 Å². The lowest BCUT2D eigenvalue weighted by molar-refractivity contribution is -0.266. The summed E-state index contributed by atoms with van der Waals surface area (Å²) in [4.78, 5) is 35.3. The third-order valence-electron chi connectivity index (χ3n) is 4.18. The second kappa shape index (κ2) is 8.85. The van der Waals surface area contributed by atoms with Gasteiger partial charge in [0.15, 0.2) is 12.2 Å². The van der Waals surface area contributed by atoms with Crippen molar-refractivity contribution in [1.29, 1.82) is 0 Å². The Morgan fingerprint density at radius 2 is 1.52 bits per heavy atom. The second-order valence-corrected chi connectivity index (χ2v) is 6.39. The van der Waals surface area contributed by atoms with Crippen molar-refractivity contribution in [2.24, 2.45) is 5.92 Å². The molecule has 27 heavy (non-hydrogen) atoms. The van der Waals surface area contributed by atoms with Crippen LogP contribution in [0.5, 0.6) is 5.75 Å². The molecule has 5 unspecified atom stereocenters. The van der Waals surface area contributed by atoms with Gasteiger partial charge in [0.05, 0.1) is 7.11 Å². The maximum atomic E-state index is 12.1. The van der Waals surface area contributed by atoms with Crippen LogP contribution in [0, 0.1) is 12.8 Å². The van der Waals surface area contributed by atoms with Gasteiger partial charge in [-0.05, 0) is 19.1 Å². The predicted octanol–water partition coefficient (Wildman–Crippen LogP) is 1.77. The van der Waals surface area contributed by atoms with Crippen molar-refractivity contribution in [3.8, 4) is 5.75 Å². The number of rotatable bonds is 5. The molecule has 0 radical (unpaired) electrons. The van der Waals surface area contributed by atoms with Gasteiger partial charge in [-0.1, -0.05) is 24.6 Å². The van der Waals surface area contributed by atoms with Crippen LogP contribution in [0.15, 0.2) is 24.3 Å². The third-order valence-corrected chi connectivity index (χ3v) is 4.18. The van der Waals surface area contributed by atoms with Crippen molar-refractivity contribution in [2.45, 2.75) is 52.3 Å². The maximum Gasteiger partial charge on any atom is 0.335 e. The minimum absolute atomic E-state index is 0.447. The fourth-order valence-electron chi connectivity index (χ4n) is 2.88. The summed E-state index contributed by atoms with van der Waals surface area (Å²) < 4.78 is 27.0. The van der Waals surface area contributed by atoms with Gasteiger partial charge >= 0.3 is 17.9 Å². The van der Waals surface area contributed by atoms with E-state index in [4.69, 9.17) is 23.7 Å². The smallest absolute Gasteiger partial charge is 0.335 e. The third kappa shape index (κ3) is 5.19. The van der Waals surface area contributed by atoms with Crippen LogP contribution in [0.4, 0.5) is 0 Å². The molecule has 0 amide bonds. The van der Waals surface area contributed by atoms with Gasteiger partial charge in [-0.15, -0.1) is 0 Å². The van der Waals surface area contributed by atoms with Crippen LogP contribution in [0.1, 0.15) is 26.3 Å². The quantitative estimate of drug-likeness (QED) is 0.563. The Labute approximate surface area is 157 Å². The first-order chi connectivity index (χ1) is 12.7. The Morgan fingerprint density at radius 3 is 2.04 bits per heavy atom. The van der Waals surface area contributed by atoms with Gasteiger partial charge in [-0.2, -0.15) is 0 Å². The molecule has 0 aromatic heterocycles. The molecule has 5 atom stereocenters. The van der Waals surface area contributed by atoms with E-state index in [0.717, 1.165) is 5.56 Å². The van der Waals surface area contributed by atoms with Crippen LogP contribution >= 0.6 is 0 Å². The van der Waals surface area contributed by atoms with E-state index in [-0.39, 0.29) is 0 Å². The monoisotopic (exact) mass is 380 g/mol. The predicted molar refractivity (Wildman–Crippen MR) is 92.8 cm³/mol. The first kappa shape index (κ1) is 20.7. The molecule has 0 N–H and O–H groups in total. The van der Waals surface area contributed by atoms with E-state index in [1.807, 2.05) is 19.1 Å². The lowest BCUT2D eigenvalue weighted by Crippen LogP contribution is -2.60. The molecule has 1 aliphatic heterocycles. The number of hydrogen-bond donors (Lipinski definition) is 0. The van der Waals surface area contributed by atoms with Crippen LogP contribution in [-0.4, -0.2) is 49.6 Å². The lowest BCUT2D eigenvalue weighted by atomic mass is 9.90. The molecule has 8 nitrogen and oxygen atoms in total. The standard InChI is InChI=1S/C19H24O8/c1-10-6-8-14(9-7-10)26-19-17(25-13(4)21)15(24-12(3)20)11(2)16(27-19)18(22)23-5/h6-9,11,15-17,19H,1-5H3. The summed E-state index contributed by atoms with van der Waals surface area (Å²) in [6.07, 6.45) is -4.22. The van der Waals surface area contributed by atoms with Gasteiger partial charge in [0.25, 0.3) is 0 Å². The van der Waals surface area contributed by atoms with Gasteiger partial charge in [0, 0.05) is 19.8 Å². The van der Waals surface area contributed by atoms with Crippen molar-refractivity contribution >= 4 is 17.9 Å². The molecule has 1 saturated heterocycles. The molecule has 0 saturated carbocycles. The number of ether oxygens (including phenoxy) is 5. The first-order valence-corrected chi connectivity index (χ1v) is 8.54. The molecular formula is C19H24O8. The van der Waals surface area contributed by atoms with E-state index in [9.17, 15) is 14.4 Å². The second-order valence-electron chi connectivity index (χ2n) is 6.39. The van der Waals surface area contributed by atoms with Crippen LogP contribution in [0.2, 0.25) is 0 Å². The number of hydrogen-bond acceptors (Lipinski definition) is 8. The molecule has 0 spiro atoms. The van der Waals surface area contributed by atoms with E-state index >= 15 is 0 Å². The van der Waals surface area contributed by atoms with E-state index in [1.165, 1.54) is 21.0 Å². The fourth-order valence-corrected chi connectivity index (χ4v) is 2.88. The molecule has 8 heteroatoms. The first-order valence-electron chi connectivity index (χ1n) is 8.54. The Bertz CT molecular complexity index is 683. The maximum absolute atomic E-state index is 12.1. The fraction of sp³-hybridized carbons (Fsp3) is 0.526. The minimum atomic E-state index is -1.17. The molecule has 0 bridgehead atoms. The molecule has 1 fully saturated rings. The summed E-state index contributed by atoms with van der Waals surface area (Å²) in [7, 11) is 1.23. The summed E-state index contributed by atoms with van der Waals surface area (Å²) >= 11 is 0. The Hall–Kier alpha value is -2.61. The van der Waals surface area contributed by atoms with Gasteiger partial charge in [0.1, 0.15) is 5.75 Å². The zero-order chi connectivity index (χ0) is 20.1. The largest absolute Gasteiger partial charge is 0.467 e. The van der Waals surface area contributed by atoms with Crippen molar-refractivity contribution in [1.82, 2.24) is 0 Å². The zero-order valence-corrected chi connectivity index (χ0v) is 16.0. The van der Waals surface area contributed by atoms with Crippen molar-refractivity contribution in [2.75, 3.05) is 7.11 Å². The Morgan fingerprint density at radius 1 is 0.963 bits per heavy atom. The van der Waals surface area contributed by atoms with Crippen LogP contribution in [0.3, 0.4) is 0 Å². The molecule has 1 aromatic carbocycles. The molecule has 0 aliphatic carbocycles. The number of aryl methyl sites for hydroxylation is 1. The minimum Gasteiger partial charge on any atom is -0.467 e.